The van der Waals surface area contributed by atoms with E-state index in [1.165, 1.54) is 102 Å². The van der Waals surface area contributed by atoms with Crippen molar-refractivity contribution in [1.29, 1.82) is 0 Å². The summed E-state index contributed by atoms with van der Waals surface area (Å²) in [5.74, 6) is 6.28. The maximum Gasteiger partial charge on any atom is 0.198 e. The molecule has 5 heteroatoms. The summed E-state index contributed by atoms with van der Waals surface area (Å²) in [7, 11) is 0. The first-order chi connectivity index (χ1) is 20.7. The Bertz CT molecular complexity index is 1260. The molecule has 9 aliphatic rings. The van der Waals surface area contributed by atoms with E-state index in [9.17, 15) is 0 Å². The van der Waals surface area contributed by atoms with Gasteiger partial charge in [-0.2, -0.15) is 0 Å². The standard InChI is InChI=1S/C37H52BN3O/c1-21-10-9-11-22(2)35(21)38-25-13-4-6-15-28(25)41-36-26(38)20-24-23-12-3-8-17-31(23)42-32-19-18-30(34(36)33(24)32)40-29-16-7-5-14-27(29)39-37(40)41/h9-11,23-34,36H,3-8,12-20H2,1-2H3. The van der Waals surface area contributed by atoms with Gasteiger partial charge in [0, 0.05) is 24.0 Å². The van der Waals surface area contributed by atoms with E-state index < -0.39 is 0 Å². The summed E-state index contributed by atoms with van der Waals surface area (Å²) in [6.45, 7) is 5.61. The third-order valence-corrected chi connectivity index (χ3v) is 15.0. The average Bonchev–Trinajstić information content (AvgIpc) is 3.41. The molecule has 0 N–H and O–H groups in total. The van der Waals surface area contributed by atoms with Gasteiger partial charge in [0.25, 0.3) is 0 Å². The zero-order chi connectivity index (χ0) is 27.7. The van der Waals surface area contributed by atoms with Crippen LogP contribution in [0.4, 0.5) is 0 Å². The number of nitrogens with zero attached hydrogens (tertiary/aromatic N) is 3. The van der Waals surface area contributed by atoms with E-state index in [4.69, 9.17) is 9.73 Å². The maximum absolute atomic E-state index is 7.23. The topological polar surface area (TPSA) is 28.1 Å². The minimum absolute atomic E-state index is 0.518. The Kier molecular flexibility index (Phi) is 5.84. The highest BCUT2D eigenvalue weighted by atomic mass is 16.5. The Balaban J connectivity index is 1.17. The van der Waals surface area contributed by atoms with E-state index in [1.54, 1.807) is 16.6 Å². The van der Waals surface area contributed by atoms with Crippen molar-refractivity contribution in [3.8, 4) is 0 Å². The number of hydrogen-bond donors (Lipinski definition) is 0. The SMILES string of the molecule is Cc1cccc(C)c1B1C2CCCCC2N2C3=NC4CCCCC4N3C3CCC4OC5CCCCC5C5CC1C2C3C45. The highest BCUT2D eigenvalue weighted by Gasteiger charge is 2.69. The van der Waals surface area contributed by atoms with Crippen molar-refractivity contribution in [2.45, 2.75) is 164 Å². The summed E-state index contributed by atoms with van der Waals surface area (Å²) in [6.07, 6.45) is 21.9. The van der Waals surface area contributed by atoms with Gasteiger partial charge < -0.3 is 14.5 Å². The van der Waals surface area contributed by atoms with Gasteiger partial charge in [0.1, 0.15) is 0 Å². The average molecular weight is 566 g/mol. The second-order valence-electron chi connectivity index (χ2n) is 16.5. The fourth-order valence-electron chi connectivity index (χ4n) is 13.9. The van der Waals surface area contributed by atoms with Crippen molar-refractivity contribution in [3.05, 3.63) is 29.3 Å². The lowest BCUT2D eigenvalue weighted by atomic mass is 9.22. The van der Waals surface area contributed by atoms with Gasteiger partial charge in [-0.15, -0.1) is 0 Å². The van der Waals surface area contributed by atoms with E-state index in [0.717, 1.165) is 42.0 Å². The summed E-state index contributed by atoms with van der Waals surface area (Å²) in [5.41, 5.74) is 4.91. The van der Waals surface area contributed by atoms with Crippen LogP contribution in [-0.4, -0.2) is 64.9 Å². The predicted octanol–water partition coefficient (Wildman–Crippen LogP) is 6.74. The van der Waals surface area contributed by atoms with Crippen molar-refractivity contribution in [3.63, 3.8) is 0 Å². The second kappa shape index (κ2) is 9.51. The van der Waals surface area contributed by atoms with Gasteiger partial charge in [-0.1, -0.05) is 86.2 Å². The molecule has 5 saturated carbocycles. The Morgan fingerprint density at radius 2 is 1.45 bits per heavy atom. The molecule has 0 radical (unpaired) electrons. The van der Waals surface area contributed by atoms with Crippen LogP contribution in [0.25, 0.3) is 0 Å². The third-order valence-electron chi connectivity index (χ3n) is 15.0. The van der Waals surface area contributed by atoms with Crippen molar-refractivity contribution in [2.24, 2.45) is 28.7 Å². The highest BCUT2D eigenvalue weighted by Crippen LogP contribution is 2.65. The molecule has 42 heavy (non-hydrogen) atoms. The van der Waals surface area contributed by atoms with E-state index in [-0.39, 0.29) is 0 Å². The summed E-state index contributed by atoms with van der Waals surface area (Å²) < 4.78 is 7.23. The van der Waals surface area contributed by atoms with Gasteiger partial charge in [-0.3, -0.25) is 0 Å². The largest absolute Gasteiger partial charge is 0.374 e. The molecule has 1 aromatic rings. The van der Waals surface area contributed by atoms with Crippen LogP contribution in [-0.2, 0) is 4.74 Å². The van der Waals surface area contributed by atoms with Crippen molar-refractivity contribution in [1.82, 2.24) is 9.80 Å². The van der Waals surface area contributed by atoms with Gasteiger partial charge in [0.05, 0.1) is 24.3 Å². The lowest BCUT2D eigenvalue weighted by molar-refractivity contribution is -0.223. The van der Waals surface area contributed by atoms with Gasteiger partial charge in [0.15, 0.2) is 12.7 Å². The van der Waals surface area contributed by atoms with Crippen molar-refractivity contribution >= 4 is 18.1 Å². The van der Waals surface area contributed by atoms with Crippen LogP contribution in [0.15, 0.2) is 23.2 Å². The van der Waals surface area contributed by atoms with E-state index in [0.29, 0.717) is 42.4 Å². The van der Waals surface area contributed by atoms with Crippen LogP contribution in [0.2, 0.25) is 11.6 Å². The number of rotatable bonds is 1. The molecule has 3 saturated heterocycles. The second-order valence-corrected chi connectivity index (χ2v) is 16.5. The molecular weight excluding hydrogens is 513 g/mol. The first-order valence-electron chi connectivity index (χ1n) is 18.5. The fourth-order valence-corrected chi connectivity index (χ4v) is 13.9. The maximum atomic E-state index is 7.23. The zero-order valence-corrected chi connectivity index (χ0v) is 26.2. The van der Waals surface area contributed by atoms with Crippen LogP contribution in [0.1, 0.15) is 107 Å². The molecule has 0 spiro atoms. The molecular formula is C37H52BN3O. The third kappa shape index (κ3) is 3.39. The molecule has 0 amide bonds. The molecule has 0 bridgehead atoms. The molecule has 4 heterocycles. The Morgan fingerprint density at radius 3 is 2.33 bits per heavy atom. The van der Waals surface area contributed by atoms with Crippen LogP contribution in [0, 0.1) is 37.5 Å². The number of guanidine groups is 1. The molecule has 4 aliphatic heterocycles. The van der Waals surface area contributed by atoms with Crippen molar-refractivity contribution in [2.75, 3.05) is 0 Å². The zero-order valence-electron chi connectivity index (χ0n) is 26.2. The number of benzene rings is 1. The highest BCUT2D eigenvalue weighted by molar-refractivity contribution is 6.77. The molecule has 8 fully saturated rings. The first kappa shape index (κ1) is 25.8. The normalized spacial score (nSPS) is 48.4. The Hall–Kier alpha value is -1.49. The Labute approximate surface area is 254 Å². The monoisotopic (exact) mass is 565 g/mol. The minimum Gasteiger partial charge on any atom is -0.374 e. The van der Waals surface area contributed by atoms with E-state index in [1.807, 2.05) is 0 Å². The minimum atomic E-state index is 0.518. The van der Waals surface area contributed by atoms with Gasteiger partial charge in [-0.05, 0) is 88.2 Å². The van der Waals surface area contributed by atoms with E-state index >= 15 is 0 Å². The lowest BCUT2D eigenvalue weighted by Crippen LogP contribution is -2.79. The van der Waals surface area contributed by atoms with Gasteiger partial charge >= 0.3 is 0 Å². The molecule has 4 nitrogen and oxygen atoms in total. The number of ether oxygens (including phenoxy) is 1. The molecule has 13 atom stereocenters. The first-order valence-corrected chi connectivity index (χ1v) is 18.5. The molecule has 1 aromatic carbocycles. The van der Waals surface area contributed by atoms with Crippen LogP contribution >= 0.6 is 0 Å². The van der Waals surface area contributed by atoms with Crippen molar-refractivity contribution < 1.29 is 4.74 Å². The summed E-state index contributed by atoms with van der Waals surface area (Å²) in [4.78, 5) is 11.9. The van der Waals surface area contributed by atoms with Gasteiger partial charge in [0.2, 0.25) is 0 Å². The molecule has 224 valence electrons. The molecule has 13 unspecified atom stereocenters. The number of hydrogen-bond acceptors (Lipinski definition) is 4. The molecule has 10 rings (SSSR count). The van der Waals surface area contributed by atoms with E-state index in [2.05, 4.69) is 41.8 Å². The van der Waals surface area contributed by atoms with Crippen LogP contribution < -0.4 is 5.46 Å². The smallest absolute Gasteiger partial charge is 0.198 e. The number of fused-ring (bicyclic) bond motifs is 9. The quantitative estimate of drug-likeness (QED) is 0.353. The molecule has 5 aliphatic carbocycles. The fraction of sp³-hybridized carbons (Fsp3) is 0.811. The summed E-state index contributed by atoms with van der Waals surface area (Å²) in [5, 5.41) is 0. The Morgan fingerprint density at radius 1 is 0.690 bits per heavy atom. The predicted molar refractivity (Wildman–Crippen MR) is 171 cm³/mol. The lowest BCUT2D eigenvalue weighted by Gasteiger charge is -2.71. The van der Waals surface area contributed by atoms with Crippen LogP contribution in [0.5, 0.6) is 0 Å². The van der Waals surface area contributed by atoms with Crippen LogP contribution in [0.3, 0.4) is 0 Å². The summed E-state index contributed by atoms with van der Waals surface area (Å²) >= 11 is 0. The summed E-state index contributed by atoms with van der Waals surface area (Å²) in [6, 6.07) is 10.5. The molecule has 0 aromatic heterocycles. The number of aryl methyl sites for hydroxylation is 2. The van der Waals surface area contributed by atoms with Gasteiger partial charge in [-0.25, -0.2) is 4.99 Å². The number of aliphatic imine (C=N–C) groups is 1.